The van der Waals surface area contributed by atoms with Gasteiger partial charge in [0.1, 0.15) is 37.1 Å². The molecule has 1 N–H and O–H groups in total. The van der Waals surface area contributed by atoms with E-state index in [1.807, 2.05) is 0 Å². The SMILES string of the molecule is CO[C@H]1[C@H](OC)[C@@H]([C@@H](COC(C)=O)OC)O[C@@H](O)[C@@H]1OC. The van der Waals surface area contributed by atoms with Crippen LogP contribution in [0, 0.1) is 0 Å². The van der Waals surface area contributed by atoms with Crippen molar-refractivity contribution in [3.8, 4) is 0 Å². The third-order valence-electron chi connectivity index (χ3n) is 3.49. The zero-order valence-electron chi connectivity index (χ0n) is 13.0. The first kappa shape index (κ1) is 18.3. The largest absolute Gasteiger partial charge is 0.463 e. The highest BCUT2D eigenvalue weighted by Crippen LogP contribution is 2.28. The second-order valence-electron chi connectivity index (χ2n) is 4.67. The zero-order valence-corrected chi connectivity index (χ0v) is 13.0. The van der Waals surface area contributed by atoms with E-state index in [0.717, 1.165) is 0 Å². The Hall–Kier alpha value is -0.770. The van der Waals surface area contributed by atoms with E-state index in [0.29, 0.717) is 0 Å². The number of ether oxygens (including phenoxy) is 6. The van der Waals surface area contributed by atoms with Gasteiger partial charge in [0, 0.05) is 35.4 Å². The molecule has 0 aromatic rings. The molecule has 6 atom stereocenters. The lowest BCUT2D eigenvalue weighted by Gasteiger charge is -2.45. The van der Waals surface area contributed by atoms with E-state index in [-0.39, 0.29) is 6.61 Å². The van der Waals surface area contributed by atoms with Gasteiger partial charge in [-0.15, -0.1) is 0 Å². The minimum atomic E-state index is -1.20. The van der Waals surface area contributed by atoms with Gasteiger partial charge < -0.3 is 33.5 Å². The summed E-state index contributed by atoms with van der Waals surface area (Å²) in [7, 11) is 5.89. The first-order valence-corrected chi connectivity index (χ1v) is 6.58. The Kier molecular flexibility index (Phi) is 7.50. The number of hydrogen-bond acceptors (Lipinski definition) is 8. The van der Waals surface area contributed by atoms with Crippen LogP contribution >= 0.6 is 0 Å². The zero-order chi connectivity index (χ0) is 16.0. The van der Waals surface area contributed by atoms with Gasteiger partial charge in [-0.2, -0.15) is 0 Å². The van der Waals surface area contributed by atoms with Crippen molar-refractivity contribution in [3.05, 3.63) is 0 Å². The Labute approximate surface area is 124 Å². The van der Waals surface area contributed by atoms with Crippen molar-refractivity contribution in [3.63, 3.8) is 0 Å². The summed E-state index contributed by atoms with van der Waals surface area (Å²) in [6, 6.07) is 0. The molecule has 1 fully saturated rings. The van der Waals surface area contributed by atoms with E-state index in [4.69, 9.17) is 28.4 Å². The van der Waals surface area contributed by atoms with Crippen molar-refractivity contribution in [2.75, 3.05) is 35.0 Å². The molecule has 1 rings (SSSR count). The highest BCUT2D eigenvalue weighted by molar-refractivity contribution is 5.65. The van der Waals surface area contributed by atoms with Crippen LogP contribution < -0.4 is 0 Å². The number of methoxy groups -OCH3 is 4. The summed E-state index contributed by atoms with van der Waals surface area (Å²) in [5, 5.41) is 10.0. The molecule has 1 saturated heterocycles. The van der Waals surface area contributed by atoms with E-state index in [1.165, 1.54) is 35.4 Å². The molecule has 8 heteroatoms. The Morgan fingerprint density at radius 3 is 2.10 bits per heavy atom. The molecule has 1 heterocycles. The van der Waals surface area contributed by atoms with Gasteiger partial charge in [0.2, 0.25) is 0 Å². The van der Waals surface area contributed by atoms with Crippen molar-refractivity contribution in [2.45, 2.75) is 43.7 Å². The maximum atomic E-state index is 10.9. The molecule has 21 heavy (non-hydrogen) atoms. The van der Waals surface area contributed by atoms with Crippen LogP contribution in [-0.4, -0.2) is 82.9 Å². The summed E-state index contributed by atoms with van der Waals surface area (Å²) in [5.74, 6) is -0.430. The molecule has 0 spiro atoms. The topological polar surface area (TPSA) is 92.7 Å². The molecule has 0 saturated carbocycles. The lowest BCUT2D eigenvalue weighted by Crippen LogP contribution is -2.63. The fourth-order valence-corrected chi connectivity index (χ4v) is 2.43. The summed E-state index contributed by atoms with van der Waals surface area (Å²) in [6.45, 7) is 1.28. The molecule has 0 radical (unpaired) electrons. The lowest BCUT2D eigenvalue weighted by atomic mass is 9.95. The highest BCUT2D eigenvalue weighted by Gasteiger charge is 2.49. The van der Waals surface area contributed by atoms with Crippen molar-refractivity contribution >= 4 is 5.97 Å². The third-order valence-corrected chi connectivity index (χ3v) is 3.49. The van der Waals surface area contributed by atoms with Crippen LogP contribution in [0.25, 0.3) is 0 Å². The van der Waals surface area contributed by atoms with Gasteiger partial charge in [0.15, 0.2) is 6.29 Å². The summed E-state index contributed by atoms with van der Waals surface area (Å²) >= 11 is 0. The molecule has 0 aromatic heterocycles. The van der Waals surface area contributed by atoms with Crippen LogP contribution in [-0.2, 0) is 33.2 Å². The molecule has 0 bridgehead atoms. The van der Waals surface area contributed by atoms with E-state index >= 15 is 0 Å². The molecule has 0 unspecified atom stereocenters. The average Bonchev–Trinajstić information content (AvgIpc) is 2.46. The normalized spacial score (nSPS) is 34.5. The van der Waals surface area contributed by atoms with E-state index in [1.54, 1.807) is 0 Å². The number of carbonyl (C=O) groups excluding carboxylic acids is 1. The predicted molar refractivity (Wildman–Crippen MR) is 70.7 cm³/mol. The highest BCUT2D eigenvalue weighted by atomic mass is 16.7. The Balaban J connectivity index is 2.89. The first-order valence-electron chi connectivity index (χ1n) is 6.58. The van der Waals surface area contributed by atoms with Crippen molar-refractivity contribution in [1.29, 1.82) is 0 Å². The standard InChI is InChI=1S/C13H24O8/c1-7(14)20-6-8(16-2)9-10(17-3)11(18-4)12(19-5)13(15)21-9/h8-13,15H,6H2,1-5H3/t8-,9-,10-,11+,12-,13-/m1/s1. The second kappa shape index (κ2) is 8.62. The molecule has 0 amide bonds. The maximum absolute atomic E-state index is 10.9. The Morgan fingerprint density at radius 2 is 1.67 bits per heavy atom. The smallest absolute Gasteiger partial charge is 0.302 e. The summed E-state index contributed by atoms with van der Waals surface area (Å²) < 4.78 is 31.7. The molecule has 0 aliphatic carbocycles. The van der Waals surface area contributed by atoms with Crippen molar-refractivity contribution in [2.24, 2.45) is 0 Å². The molecular weight excluding hydrogens is 284 g/mol. The minimum Gasteiger partial charge on any atom is -0.463 e. The first-order chi connectivity index (χ1) is 9.99. The fourth-order valence-electron chi connectivity index (χ4n) is 2.43. The van der Waals surface area contributed by atoms with Crippen LogP contribution in [0.4, 0.5) is 0 Å². The van der Waals surface area contributed by atoms with Gasteiger partial charge in [-0.3, -0.25) is 4.79 Å². The molecule has 8 nitrogen and oxygen atoms in total. The maximum Gasteiger partial charge on any atom is 0.302 e. The lowest BCUT2D eigenvalue weighted by molar-refractivity contribution is -0.312. The fraction of sp³-hybridized carbons (Fsp3) is 0.923. The molecule has 124 valence electrons. The van der Waals surface area contributed by atoms with Gasteiger partial charge in [0.05, 0.1) is 0 Å². The van der Waals surface area contributed by atoms with Crippen molar-refractivity contribution < 1.29 is 38.3 Å². The molecule has 1 aliphatic heterocycles. The summed E-state index contributed by atoms with van der Waals surface area (Å²) in [6.07, 6.45) is -4.28. The molecule has 0 aromatic carbocycles. The van der Waals surface area contributed by atoms with Gasteiger partial charge in [-0.25, -0.2) is 0 Å². The second-order valence-corrected chi connectivity index (χ2v) is 4.67. The quantitative estimate of drug-likeness (QED) is 0.619. The summed E-state index contributed by atoms with van der Waals surface area (Å²) in [5.41, 5.74) is 0. The van der Waals surface area contributed by atoms with Gasteiger partial charge in [-0.05, 0) is 0 Å². The van der Waals surface area contributed by atoms with E-state index in [2.05, 4.69) is 0 Å². The van der Waals surface area contributed by atoms with Crippen LogP contribution in [0.2, 0.25) is 0 Å². The number of aliphatic hydroxyl groups is 1. The molecular formula is C13H24O8. The number of rotatable bonds is 7. The minimum absolute atomic E-state index is 0.0167. The number of carbonyl (C=O) groups is 1. The average molecular weight is 308 g/mol. The predicted octanol–water partition coefficient (Wildman–Crippen LogP) is -0.673. The number of esters is 1. The Bertz CT molecular complexity index is 323. The number of hydrogen-bond donors (Lipinski definition) is 1. The van der Waals surface area contributed by atoms with E-state index in [9.17, 15) is 9.90 Å². The van der Waals surface area contributed by atoms with Crippen molar-refractivity contribution in [1.82, 2.24) is 0 Å². The van der Waals surface area contributed by atoms with E-state index < -0.39 is 42.8 Å². The van der Waals surface area contributed by atoms with Crippen LogP contribution in [0.1, 0.15) is 6.92 Å². The third kappa shape index (κ3) is 4.35. The van der Waals surface area contributed by atoms with Gasteiger partial charge in [0.25, 0.3) is 0 Å². The number of aliphatic hydroxyl groups excluding tert-OH is 1. The van der Waals surface area contributed by atoms with Crippen LogP contribution in [0.5, 0.6) is 0 Å². The summed E-state index contributed by atoms with van der Waals surface area (Å²) in [4.78, 5) is 10.9. The van der Waals surface area contributed by atoms with Crippen LogP contribution in [0.3, 0.4) is 0 Å². The Morgan fingerprint density at radius 1 is 1.10 bits per heavy atom. The van der Waals surface area contributed by atoms with Gasteiger partial charge >= 0.3 is 5.97 Å². The monoisotopic (exact) mass is 308 g/mol. The molecule has 1 aliphatic rings. The van der Waals surface area contributed by atoms with Gasteiger partial charge in [-0.1, -0.05) is 0 Å². The van der Waals surface area contributed by atoms with Crippen LogP contribution in [0.15, 0.2) is 0 Å².